The van der Waals surface area contributed by atoms with Gasteiger partial charge >= 0.3 is 0 Å². The van der Waals surface area contributed by atoms with Gasteiger partial charge in [0.15, 0.2) is 0 Å². The third kappa shape index (κ3) is 3.16. The van der Waals surface area contributed by atoms with E-state index in [0.29, 0.717) is 13.2 Å². The van der Waals surface area contributed by atoms with Gasteiger partial charge in [-0.15, -0.1) is 0 Å². The molecule has 0 bridgehead atoms. The lowest BCUT2D eigenvalue weighted by molar-refractivity contribution is 0.103. The maximum Gasteiger partial charge on any atom is 0.130 e. The Labute approximate surface area is 85.2 Å². The molecular formula is C11H19NO2. The van der Waals surface area contributed by atoms with E-state index < -0.39 is 0 Å². The Morgan fingerprint density at radius 1 is 1.50 bits per heavy atom. The van der Waals surface area contributed by atoms with Crippen LogP contribution in [0.25, 0.3) is 0 Å². The number of unbranched alkanes of at least 4 members (excludes halogenated alkanes) is 1. The van der Waals surface area contributed by atoms with Crippen molar-refractivity contribution in [3.63, 3.8) is 0 Å². The Kier molecular flexibility index (Phi) is 4.70. The topological polar surface area (TPSA) is 48.4 Å². The van der Waals surface area contributed by atoms with Gasteiger partial charge in [0.05, 0.1) is 6.54 Å². The maximum absolute atomic E-state index is 5.51. The summed E-state index contributed by atoms with van der Waals surface area (Å²) in [5, 5.41) is 0. The molecule has 0 radical (unpaired) electrons. The van der Waals surface area contributed by atoms with Gasteiger partial charge in [-0.3, -0.25) is 0 Å². The Bertz CT molecular complexity index is 268. The minimum absolute atomic E-state index is 0.459. The normalized spacial score (nSPS) is 10.8. The van der Waals surface area contributed by atoms with Crippen LogP contribution in [0.4, 0.5) is 0 Å². The highest BCUT2D eigenvalue weighted by Crippen LogP contribution is 2.14. The van der Waals surface area contributed by atoms with Gasteiger partial charge in [0.1, 0.15) is 18.1 Å². The molecule has 1 aromatic heterocycles. The van der Waals surface area contributed by atoms with Crippen molar-refractivity contribution >= 4 is 0 Å². The van der Waals surface area contributed by atoms with Crippen LogP contribution in [-0.2, 0) is 17.9 Å². The average Bonchev–Trinajstić information content (AvgIpc) is 2.54. The van der Waals surface area contributed by atoms with E-state index in [1.807, 2.05) is 13.0 Å². The maximum atomic E-state index is 5.51. The molecule has 1 aromatic rings. The zero-order chi connectivity index (χ0) is 10.4. The summed E-state index contributed by atoms with van der Waals surface area (Å²) in [6.45, 7) is 5.96. The molecule has 0 fully saturated rings. The van der Waals surface area contributed by atoms with Gasteiger partial charge in [0.2, 0.25) is 0 Å². The van der Waals surface area contributed by atoms with E-state index in [1.54, 1.807) is 0 Å². The largest absolute Gasteiger partial charge is 0.462 e. The third-order valence-corrected chi connectivity index (χ3v) is 2.14. The van der Waals surface area contributed by atoms with Crippen LogP contribution in [0.1, 0.15) is 36.8 Å². The summed E-state index contributed by atoms with van der Waals surface area (Å²) in [7, 11) is 0. The molecule has 3 nitrogen and oxygen atoms in total. The fourth-order valence-electron chi connectivity index (χ4n) is 1.28. The van der Waals surface area contributed by atoms with E-state index in [-0.39, 0.29) is 0 Å². The molecule has 0 saturated heterocycles. The average molecular weight is 197 g/mol. The SMILES string of the molecule is CCCCOCc1cc(C)c(CN)o1. The first-order chi connectivity index (χ1) is 6.77. The number of aryl methyl sites for hydroxylation is 1. The molecule has 0 unspecified atom stereocenters. The first kappa shape index (κ1) is 11.3. The van der Waals surface area contributed by atoms with Crippen LogP contribution in [0.15, 0.2) is 10.5 Å². The predicted molar refractivity (Wildman–Crippen MR) is 55.9 cm³/mol. The molecule has 0 saturated carbocycles. The molecule has 0 aliphatic carbocycles. The van der Waals surface area contributed by atoms with Crippen molar-refractivity contribution in [2.45, 2.75) is 39.8 Å². The molecule has 0 atom stereocenters. The van der Waals surface area contributed by atoms with E-state index in [0.717, 1.165) is 36.5 Å². The minimum Gasteiger partial charge on any atom is -0.462 e. The van der Waals surface area contributed by atoms with Gasteiger partial charge in [0.25, 0.3) is 0 Å². The lowest BCUT2D eigenvalue weighted by Gasteiger charge is -1.99. The van der Waals surface area contributed by atoms with Gasteiger partial charge in [-0.25, -0.2) is 0 Å². The summed E-state index contributed by atoms with van der Waals surface area (Å²) in [6, 6.07) is 1.99. The van der Waals surface area contributed by atoms with Crippen molar-refractivity contribution in [3.05, 3.63) is 23.2 Å². The first-order valence-corrected chi connectivity index (χ1v) is 5.14. The third-order valence-electron chi connectivity index (χ3n) is 2.14. The van der Waals surface area contributed by atoms with Crippen LogP contribution in [0.3, 0.4) is 0 Å². The van der Waals surface area contributed by atoms with Gasteiger partial charge in [-0.2, -0.15) is 0 Å². The second kappa shape index (κ2) is 5.83. The van der Waals surface area contributed by atoms with E-state index in [1.165, 1.54) is 0 Å². The molecule has 80 valence electrons. The predicted octanol–water partition coefficient (Wildman–Crippen LogP) is 2.36. The fraction of sp³-hybridized carbons (Fsp3) is 0.636. The van der Waals surface area contributed by atoms with Crippen LogP contribution < -0.4 is 5.73 Å². The van der Waals surface area contributed by atoms with Crippen molar-refractivity contribution in [2.24, 2.45) is 5.73 Å². The molecule has 0 spiro atoms. The van der Waals surface area contributed by atoms with Gasteiger partial charge in [-0.1, -0.05) is 13.3 Å². The van der Waals surface area contributed by atoms with Crippen LogP contribution in [0.2, 0.25) is 0 Å². The quantitative estimate of drug-likeness (QED) is 0.712. The van der Waals surface area contributed by atoms with Crippen molar-refractivity contribution in [3.8, 4) is 0 Å². The highest BCUT2D eigenvalue weighted by molar-refractivity contribution is 5.19. The first-order valence-electron chi connectivity index (χ1n) is 5.14. The highest BCUT2D eigenvalue weighted by Gasteiger charge is 2.05. The summed E-state index contributed by atoms with van der Waals surface area (Å²) in [5.41, 5.74) is 6.62. The Morgan fingerprint density at radius 3 is 2.86 bits per heavy atom. The molecule has 2 N–H and O–H groups in total. The molecule has 0 amide bonds. The summed E-state index contributed by atoms with van der Waals surface area (Å²) in [6.07, 6.45) is 2.26. The number of rotatable bonds is 6. The second-order valence-electron chi connectivity index (χ2n) is 3.43. The molecular weight excluding hydrogens is 178 g/mol. The summed E-state index contributed by atoms with van der Waals surface area (Å²) in [4.78, 5) is 0. The lowest BCUT2D eigenvalue weighted by Crippen LogP contribution is -1.95. The molecule has 0 aromatic carbocycles. The van der Waals surface area contributed by atoms with Crippen molar-refractivity contribution in [1.29, 1.82) is 0 Å². The Morgan fingerprint density at radius 2 is 2.29 bits per heavy atom. The molecule has 3 heteroatoms. The van der Waals surface area contributed by atoms with Crippen LogP contribution in [0.5, 0.6) is 0 Å². The van der Waals surface area contributed by atoms with Crippen LogP contribution in [-0.4, -0.2) is 6.61 Å². The van der Waals surface area contributed by atoms with E-state index in [2.05, 4.69) is 6.92 Å². The fourth-order valence-corrected chi connectivity index (χ4v) is 1.28. The number of hydrogen-bond donors (Lipinski definition) is 1. The van der Waals surface area contributed by atoms with Gasteiger partial charge < -0.3 is 14.9 Å². The standard InChI is InChI=1S/C11H19NO2/c1-3-4-5-13-8-10-6-9(2)11(7-12)14-10/h6H,3-5,7-8,12H2,1-2H3. The van der Waals surface area contributed by atoms with Crippen LogP contribution >= 0.6 is 0 Å². The highest BCUT2D eigenvalue weighted by atomic mass is 16.5. The summed E-state index contributed by atoms with van der Waals surface area (Å²) >= 11 is 0. The zero-order valence-corrected chi connectivity index (χ0v) is 9.01. The van der Waals surface area contributed by atoms with Gasteiger partial charge in [-0.05, 0) is 25.0 Å². The van der Waals surface area contributed by atoms with E-state index in [9.17, 15) is 0 Å². The second-order valence-corrected chi connectivity index (χ2v) is 3.43. The summed E-state index contributed by atoms with van der Waals surface area (Å²) < 4.78 is 10.9. The molecule has 0 aliphatic heterocycles. The minimum atomic E-state index is 0.459. The Hall–Kier alpha value is -0.800. The summed E-state index contributed by atoms with van der Waals surface area (Å²) in [5.74, 6) is 1.73. The van der Waals surface area contributed by atoms with Crippen molar-refractivity contribution in [2.75, 3.05) is 6.61 Å². The molecule has 1 heterocycles. The van der Waals surface area contributed by atoms with Crippen LogP contribution in [0, 0.1) is 6.92 Å². The number of ether oxygens (including phenoxy) is 1. The lowest BCUT2D eigenvalue weighted by atomic mass is 10.3. The van der Waals surface area contributed by atoms with Crippen molar-refractivity contribution < 1.29 is 9.15 Å². The number of nitrogens with two attached hydrogens (primary N) is 1. The Balaban J connectivity index is 2.35. The smallest absolute Gasteiger partial charge is 0.130 e. The van der Waals surface area contributed by atoms with Gasteiger partial charge in [0, 0.05) is 6.61 Å². The van der Waals surface area contributed by atoms with E-state index in [4.69, 9.17) is 14.9 Å². The number of hydrogen-bond acceptors (Lipinski definition) is 3. The van der Waals surface area contributed by atoms with Crippen molar-refractivity contribution in [1.82, 2.24) is 0 Å². The molecule has 14 heavy (non-hydrogen) atoms. The van der Waals surface area contributed by atoms with E-state index >= 15 is 0 Å². The molecule has 0 aliphatic rings. The number of furan rings is 1. The molecule has 1 rings (SSSR count). The monoisotopic (exact) mass is 197 g/mol. The zero-order valence-electron chi connectivity index (χ0n) is 9.01.